The van der Waals surface area contributed by atoms with Crippen molar-refractivity contribution in [2.75, 3.05) is 16.9 Å². The average Bonchev–Trinajstić information content (AvgIpc) is 2.82. The minimum Gasteiger partial charge on any atom is -0.322 e. The molecule has 0 aliphatic rings. The summed E-state index contributed by atoms with van der Waals surface area (Å²) in [7, 11) is 0. The molecule has 0 spiro atoms. The summed E-state index contributed by atoms with van der Waals surface area (Å²) in [5.74, 6) is -0.943. The summed E-state index contributed by atoms with van der Waals surface area (Å²) >= 11 is 4.66. The number of rotatable bonds is 7. The molecule has 33 heavy (non-hydrogen) atoms. The molecule has 0 radical (unpaired) electrons. The van der Waals surface area contributed by atoms with Crippen LogP contribution in [0.1, 0.15) is 51.2 Å². The number of carbonyl (C=O) groups is 2. The van der Waals surface area contributed by atoms with Crippen LogP contribution in [0.3, 0.4) is 0 Å². The maximum absolute atomic E-state index is 12.8. The molecule has 0 saturated heterocycles. The SMILES string of the molecule is CCC(C#N)c1cccc(C(=O)Nc2ccc(C)c(NC(=O)c3nc(SC)ncc3Br)c2)c1. The molecular formula is C24H22BrN5O2S. The molecule has 0 aliphatic carbocycles. The van der Waals surface area contributed by atoms with Crippen molar-refractivity contribution in [3.63, 3.8) is 0 Å². The molecule has 0 bridgehead atoms. The lowest BCUT2D eigenvalue weighted by molar-refractivity contribution is 0.101. The summed E-state index contributed by atoms with van der Waals surface area (Å²) in [6, 6.07) is 14.6. The zero-order valence-corrected chi connectivity index (χ0v) is 20.8. The number of nitriles is 1. The third kappa shape index (κ3) is 5.97. The van der Waals surface area contributed by atoms with E-state index in [0.717, 1.165) is 11.1 Å². The number of aromatic nitrogens is 2. The van der Waals surface area contributed by atoms with E-state index in [1.165, 1.54) is 11.8 Å². The van der Waals surface area contributed by atoms with Gasteiger partial charge in [0.25, 0.3) is 11.8 Å². The van der Waals surface area contributed by atoms with Gasteiger partial charge in [-0.05, 0) is 70.9 Å². The highest BCUT2D eigenvalue weighted by molar-refractivity contribution is 9.10. The number of aryl methyl sites for hydroxylation is 1. The van der Waals surface area contributed by atoms with Crippen LogP contribution in [0.25, 0.3) is 0 Å². The lowest BCUT2D eigenvalue weighted by Crippen LogP contribution is -2.17. The molecule has 2 amide bonds. The number of hydrogen-bond acceptors (Lipinski definition) is 6. The van der Waals surface area contributed by atoms with E-state index in [9.17, 15) is 14.9 Å². The fourth-order valence-electron chi connectivity index (χ4n) is 3.13. The molecule has 3 rings (SSSR count). The van der Waals surface area contributed by atoms with Gasteiger partial charge in [-0.25, -0.2) is 9.97 Å². The summed E-state index contributed by atoms with van der Waals surface area (Å²) < 4.78 is 0.488. The maximum atomic E-state index is 12.8. The van der Waals surface area contributed by atoms with Crippen molar-refractivity contribution in [1.29, 1.82) is 5.26 Å². The van der Waals surface area contributed by atoms with E-state index in [2.05, 4.69) is 42.6 Å². The van der Waals surface area contributed by atoms with E-state index >= 15 is 0 Å². The predicted octanol–water partition coefficient (Wildman–Crippen LogP) is 5.79. The number of carbonyl (C=O) groups excluding carboxylic acids is 2. The Labute approximate surface area is 205 Å². The summed E-state index contributed by atoms with van der Waals surface area (Å²) in [4.78, 5) is 34.0. The van der Waals surface area contributed by atoms with E-state index in [4.69, 9.17) is 0 Å². The van der Waals surface area contributed by atoms with Crippen LogP contribution in [-0.2, 0) is 0 Å². The molecule has 1 unspecified atom stereocenters. The second-order valence-corrected chi connectivity index (χ2v) is 8.83. The van der Waals surface area contributed by atoms with Crippen LogP contribution < -0.4 is 10.6 Å². The Morgan fingerprint density at radius 3 is 2.67 bits per heavy atom. The van der Waals surface area contributed by atoms with Gasteiger partial charge < -0.3 is 10.6 Å². The van der Waals surface area contributed by atoms with Crippen molar-refractivity contribution < 1.29 is 9.59 Å². The molecule has 1 aromatic heterocycles. The van der Waals surface area contributed by atoms with Gasteiger partial charge in [0.1, 0.15) is 5.69 Å². The molecule has 0 aliphatic heterocycles. The Morgan fingerprint density at radius 1 is 1.18 bits per heavy atom. The Morgan fingerprint density at radius 2 is 1.97 bits per heavy atom. The van der Waals surface area contributed by atoms with Crippen molar-refractivity contribution in [2.45, 2.75) is 31.3 Å². The Kier molecular flexibility index (Phi) is 8.20. The van der Waals surface area contributed by atoms with E-state index in [0.29, 0.717) is 33.0 Å². The van der Waals surface area contributed by atoms with Crippen molar-refractivity contribution >= 4 is 50.9 Å². The highest BCUT2D eigenvalue weighted by atomic mass is 79.9. The highest BCUT2D eigenvalue weighted by Gasteiger charge is 2.16. The van der Waals surface area contributed by atoms with Gasteiger partial charge in [-0.1, -0.05) is 36.9 Å². The number of amides is 2. The first kappa shape index (κ1) is 24.4. The summed E-state index contributed by atoms with van der Waals surface area (Å²) in [6.45, 7) is 3.80. The van der Waals surface area contributed by atoms with Crippen LogP contribution in [0, 0.1) is 18.3 Å². The number of nitrogens with zero attached hydrogens (tertiary/aromatic N) is 3. The Hall–Kier alpha value is -3.22. The van der Waals surface area contributed by atoms with E-state index in [1.807, 2.05) is 32.2 Å². The van der Waals surface area contributed by atoms with Gasteiger partial charge in [-0.2, -0.15) is 5.26 Å². The van der Waals surface area contributed by atoms with Crippen molar-refractivity contribution in [3.8, 4) is 6.07 Å². The molecule has 3 aromatic rings. The van der Waals surface area contributed by atoms with Gasteiger partial charge in [0.15, 0.2) is 5.16 Å². The molecule has 9 heteroatoms. The van der Waals surface area contributed by atoms with Crippen LogP contribution in [0.5, 0.6) is 0 Å². The summed E-state index contributed by atoms with van der Waals surface area (Å²) in [5, 5.41) is 15.5. The quantitative estimate of drug-likeness (QED) is 0.299. The summed E-state index contributed by atoms with van der Waals surface area (Å²) in [5.41, 5.74) is 3.41. The molecule has 1 heterocycles. The molecule has 1 atom stereocenters. The number of thioether (sulfide) groups is 1. The Bertz CT molecular complexity index is 1240. The fourth-order valence-corrected chi connectivity index (χ4v) is 3.84. The van der Waals surface area contributed by atoms with Crippen LogP contribution >= 0.6 is 27.7 Å². The summed E-state index contributed by atoms with van der Waals surface area (Å²) in [6.07, 6.45) is 4.05. The number of hydrogen-bond donors (Lipinski definition) is 2. The number of anilines is 2. The number of nitrogens with one attached hydrogen (secondary N) is 2. The topological polar surface area (TPSA) is 108 Å². The molecule has 0 fully saturated rings. The Balaban J connectivity index is 1.80. The van der Waals surface area contributed by atoms with E-state index in [-0.39, 0.29) is 23.4 Å². The monoisotopic (exact) mass is 523 g/mol. The van der Waals surface area contributed by atoms with Gasteiger partial charge in [0.05, 0.1) is 16.5 Å². The van der Waals surface area contributed by atoms with Gasteiger partial charge in [0.2, 0.25) is 0 Å². The van der Waals surface area contributed by atoms with Crippen LogP contribution in [0.4, 0.5) is 11.4 Å². The van der Waals surface area contributed by atoms with Crippen LogP contribution in [0.15, 0.2) is 58.3 Å². The lowest BCUT2D eigenvalue weighted by atomic mass is 9.96. The zero-order valence-electron chi connectivity index (χ0n) is 18.3. The van der Waals surface area contributed by atoms with E-state index < -0.39 is 0 Å². The third-order valence-corrected chi connectivity index (χ3v) is 6.12. The predicted molar refractivity (Wildman–Crippen MR) is 134 cm³/mol. The maximum Gasteiger partial charge on any atom is 0.275 e. The van der Waals surface area contributed by atoms with Gasteiger partial charge in [-0.15, -0.1) is 0 Å². The van der Waals surface area contributed by atoms with Crippen molar-refractivity contribution in [3.05, 3.63) is 75.5 Å². The standard InChI is InChI=1S/C24H22BrN5O2S/c1-4-15(12-26)16-6-5-7-17(10-16)22(31)28-18-9-8-14(2)20(11-18)29-23(32)21-19(25)13-27-24(30-21)33-3/h5-11,13,15H,4H2,1-3H3,(H,28,31)(H,29,32). The largest absolute Gasteiger partial charge is 0.322 e. The first-order chi connectivity index (χ1) is 15.9. The van der Waals surface area contributed by atoms with Crippen LogP contribution in [-0.4, -0.2) is 28.0 Å². The molecule has 7 nitrogen and oxygen atoms in total. The third-order valence-electron chi connectivity index (χ3n) is 4.98. The normalized spacial score (nSPS) is 11.4. The first-order valence-corrected chi connectivity index (χ1v) is 12.2. The molecule has 168 valence electrons. The fraction of sp³-hybridized carbons (Fsp3) is 0.208. The minimum absolute atomic E-state index is 0.225. The van der Waals surface area contributed by atoms with Crippen LogP contribution in [0.2, 0.25) is 0 Å². The molecule has 0 saturated carbocycles. The van der Waals surface area contributed by atoms with Gasteiger partial charge >= 0.3 is 0 Å². The highest BCUT2D eigenvalue weighted by Crippen LogP contribution is 2.24. The van der Waals surface area contributed by atoms with Gasteiger partial charge in [-0.3, -0.25) is 9.59 Å². The second kappa shape index (κ2) is 11.1. The van der Waals surface area contributed by atoms with Crippen molar-refractivity contribution in [1.82, 2.24) is 9.97 Å². The van der Waals surface area contributed by atoms with Crippen molar-refractivity contribution in [2.24, 2.45) is 0 Å². The molecule has 2 N–H and O–H groups in total. The molecule has 2 aromatic carbocycles. The van der Waals surface area contributed by atoms with E-state index in [1.54, 1.807) is 36.5 Å². The van der Waals surface area contributed by atoms with Gasteiger partial charge in [0, 0.05) is 23.1 Å². The lowest BCUT2D eigenvalue weighted by Gasteiger charge is -2.13. The number of benzene rings is 2. The first-order valence-electron chi connectivity index (χ1n) is 10.2. The number of halogens is 1. The smallest absolute Gasteiger partial charge is 0.275 e. The second-order valence-electron chi connectivity index (χ2n) is 7.21. The average molecular weight is 524 g/mol. The minimum atomic E-state index is -0.388. The molecular weight excluding hydrogens is 502 g/mol. The zero-order chi connectivity index (χ0) is 24.0.